The predicted molar refractivity (Wildman–Crippen MR) is 115 cm³/mol. The molecule has 1 aliphatic heterocycles. The number of nitrogens with zero attached hydrogens (tertiary/aromatic N) is 3. The number of hydrogen-bond donors (Lipinski definition) is 1. The molecule has 0 spiro atoms. The van der Waals surface area contributed by atoms with Crippen molar-refractivity contribution in [1.29, 1.82) is 0 Å². The molecule has 0 saturated heterocycles. The topological polar surface area (TPSA) is 89.7 Å². The molecule has 1 unspecified atom stereocenters. The van der Waals surface area contributed by atoms with Crippen molar-refractivity contribution in [2.24, 2.45) is 0 Å². The van der Waals surface area contributed by atoms with Crippen LogP contribution in [0.25, 0.3) is 17.0 Å². The molecule has 0 fully saturated rings. The van der Waals surface area contributed by atoms with Crippen LogP contribution < -0.4 is 10.1 Å². The molecular weight excluding hydrogens is 415 g/mol. The highest BCUT2D eigenvalue weighted by Gasteiger charge is 2.35. The van der Waals surface area contributed by atoms with Crippen LogP contribution in [0.5, 0.6) is 5.75 Å². The quantitative estimate of drug-likeness (QED) is 0.599. The van der Waals surface area contributed by atoms with Crippen LogP contribution in [0.2, 0.25) is 0 Å². The van der Waals surface area contributed by atoms with Crippen molar-refractivity contribution in [2.45, 2.75) is 13.0 Å². The third kappa shape index (κ3) is 4.19. The Morgan fingerprint density at radius 3 is 2.75 bits per heavy atom. The molecule has 32 heavy (non-hydrogen) atoms. The van der Waals surface area contributed by atoms with Crippen LogP contribution in [0.1, 0.15) is 24.4 Å². The molecule has 1 N–H and O–H groups in total. The van der Waals surface area contributed by atoms with E-state index in [1.54, 1.807) is 44.2 Å². The normalized spacial score (nSPS) is 16.3. The molecule has 0 bridgehead atoms. The number of urea groups is 1. The Morgan fingerprint density at radius 1 is 1.19 bits per heavy atom. The summed E-state index contributed by atoms with van der Waals surface area (Å²) >= 11 is 0. The van der Waals surface area contributed by atoms with Crippen LogP contribution in [0, 0.1) is 5.82 Å². The number of benzene rings is 2. The van der Waals surface area contributed by atoms with Gasteiger partial charge in [-0.3, -0.25) is 4.90 Å². The van der Waals surface area contributed by atoms with Crippen molar-refractivity contribution in [2.75, 3.05) is 27.4 Å². The van der Waals surface area contributed by atoms with Crippen molar-refractivity contribution < 1.29 is 23.2 Å². The SMILES string of the molecule is COCCN1C(=O)NC(c2cccc(F)c2)C(c2nc(-c3cccc(OC)c3)no2)=C1C. The second-order valence-electron chi connectivity index (χ2n) is 7.24. The maximum atomic E-state index is 14.0. The van der Waals surface area contributed by atoms with E-state index in [9.17, 15) is 9.18 Å². The highest BCUT2D eigenvalue weighted by atomic mass is 19.1. The molecule has 4 rings (SSSR count). The molecule has 1 atom stereocenters. The fraction of sp³-hybridized carbons (Fsp3) is 0.261. The molecule has 8 nitrogen and oxygen atoms in total. The molecule has 2 aromatic carbocycles. The number of amides is 2. The zero-order valence-electron chi connectivity index (χ0n) is 18.0. The van der Waals surface area contributed by atoms with Crippen LogP contribution >= 0.6 is 0 Å². The van der Waals surface area contributed by atoms with Gasteiger partial charge in [-0.2, -0.15) is 4.98 Å². The lowest BCUT2D eigenvalue weighted by atomic mass is 9.94. The minimum absolute atomic E-state index is 0.233. The fourth-order valence-electron chi connectivity index (χ4n) is 3.66. The molecule has 0 aliphatic carbocycles. The van der Waals surface area contributed by atoms with Crippen LogP contribution in [-0.4, -0.2) is 48.4 Å². The molecule has 2 heterocycles. The van der Waals surface area contributed by atoms with E-state index in [2.05, 4.69) is 15.5 Å². The Labute approximate surface area is 184 Å². The first-order valence-electron chi connectivity index (χ1n) is 10.0. The maximum Gasteiger partial charge on any atom is 0.322 e. The summed E-state index contributed by atoms with van der Waals surface area (Å²) in [4.78, 5) is 18.9. The van der Waals surface area contributed by atoms with Crippen LogP contribution in [0.15, 0.2) is 58.8 Å². The minimum atomic E-state index is -0.657. The van der Waals surface area contributed by atoms with Crippen LogP contribution in [0.4, 0.5) is 9.18 Å². The third-order valence-electron chi connectivity index (χ3n) is 5.28. The highest BCUT2D eigenvalue weighted by molar-refractivity contribution is 5.86. The molecule has 0 radical (unpaired) electrons. The number of nitrogens with one attached hydrogen (secondary N) is 1. The standard InChI is InChI=1S/C23H23FN4O4/c1-14-19(22-26-21(27-32-22)16-7-5-9-18(13-16)31-3)20(15-6-4-8-17(24)12-15)25-23(29)28(14)10-11-30-2/h4-9,12-13,20H,10-11H2,1-3H3,(H,25,29). The molecule has 3 aromatic rings. The van der Waals surface area contributed by atoms with Gasteiger partial charge in [0.25, 0.3) is 5.89 Å². The average Bonchev–Trinajstić information content (AvgIpc) is 3.28. The first kappa shape index (κ1) is 21.5. The summed E-state index contributed by atoms with van der Waals surface area (Å²) in [5, 5.41) is 7.04. The zero-order chi connectivity index (χ0) is 22.7. The number of carbonyl (C=O) groups excluding carboxylic acids is 1. The van der Waals surface area contributed by atoms with E-state index in [0.29, 0.717) is 41.6 Å². The first-order chi connectivity index (χ1) is 15.5. The number of rotatable bonds is 7. The van der Waals surface area contributed by atoms with Crippen molar-refractivity contribution in [1.82, 2.24) is 20.4 Å². The lowest BCUT2D eigenvalue weighted by Crippen LogP contribution is -2.47. The summed E-state index contributed by atoms with van der Waals surface area (Å²) in [5.41, 5.74) is 2.50. The number of ether oxygens (including phenoxy) is 2. The summed E-state index contributed by atoms with van der Waals surface area (Å²) in [6.07, 6.45) is 0. The van der Waals surface area contributed by atoms with Gasteiger partial charge in [-0.25, -0.2) is 9.18 Å². The van der Waals surface area contributed by atoms with Crippen molar-refractivity contribution >= 4 is 11.6 Å². The molecule has 166 valence electrons. The Bertz CT molecular complexity index is 1160. The summed E-state index contributed by atoms with van der Waals surface area (Å²) in [5.74, 6) is 0.866. The lowest BCUT2D eigenvalue weighted by molar-refractivity contribution is 0.158. The van der Waals surface area contributed by atoms with Crippen LogP contribution in [0.3, 0.4) is 0 Å². The molecule has 0 saturated carbocycles. The number of carbonyl (C=O) groups is 1. The Kier molecular flexibility index (Phi) is 6.18. The smallest absolute Gasteiger partial charge is 0.322 e. The van der Waals surface area contributed by atoms with Gasteiger partial charge < -0.3 is 19.3 Å². The van der Waals surface area contributed by atoms with Crippen molar-refractivity contribution in [3.05, 3.63) is 71.5 Å². The molecule has 2 amide bonds. The minimum Gasteiger partial charge on any atom is -0.497 e. The van der Waals surface area contributed by atoms with Gasteiger partial charge in [0.05, 0.1) is 31.9 Å². The van der Waals surface area contributed by atoms with E-state index in [1.165, 1.54) is 12.1 Å². The van der Waals surface area contributed by atoms with Gasteiger partial charge in [-0.1, -0.05) is 29.4 Å². The largest absolute Gasteiger partial charge is 0.497 e. The van der Waals surface area contributed by atoms with E-state index in [-0.39, 0.29) is 11.9 Å². The predicted octanol–water partition coefficient (Wildman–Crippen LogP) is 4.03. The second kappa shape index (κ2) is 9.19. The van der Waals surface area contributed by atoms with Gasteiger partial charge in [0.15, 0.2) is 0 Å². The van der Waals surface area contributed by atoms with Gasteiger partial charge in [-0.15, -0.1) is 0 Å². The second-order valence-corrected chi connectivity index (χ2v) is 7.24. The van der Waals surface area contributed by atoms with E-state index < -0.39 is 11.9 Å². The van der Waals surface area contributed by atoms with E-state index in [0.717, 1.165) is 5.56 Å². The number of methoxy groups -OCH3 is 2. The average molecular weight is 438 g/mol. The Hall–Kier alpha value is -3.72. The molecular formula is C23H23FN4O4. The molecule has 1 aromatic heterocycles. The monoisotopic (exact) mass is 438 g/mol. The van der Waals surface area contributed by atoms with E-state index >= 15 is 0 Å². The Balaban J connectivity index is 1.80. The third-order valence-corrected chi connectivity index (χ3v) is 5.28. The van der Waals surface area contributed by atoms with Gasteiger partial charge in [0.1, 0.15) is 11.6 Å². The number of aromatic nitrogens is 2. The van der Waals surface area contributed by atoms with Gasteiger partial charge in [-0.05, 0) is 36.8 Å². The number of halogens is 1. The van der Waals surface area contributed by atoms with E-state index in [1.807, 2.05) is 18.2 Å². The summed E-state index contributed by atoms with van der Waals surface area (Å²) in [7, 11) is 3.15. The molecule has 9 heteroatoms. The summed E-state index contributed by atoms with van der Waals surface area (Å²) in [6, 6.07) is 12.4. The van der Waals surface area contributed by atoms with Gasteiger partial charge in [0.2, 0.25) is 5.82 Å². The highest BCUT2D eigenvalue weighted by Crippen LogP contribution is 2.37. The maximum absolute atomic E-state index is 14.0. The van der Waals surface area contributed by atoms with Crippen molar-refractivity contribution in [3.63, 3.8) is 0 Å². The number of allylic oxidation sites excluding steroid dienone is 1. The zero-order valence-corrected chi connectivity index (χ0v) is 18.0. The van der Waals surface area contributed by atoms with Gasteiger partial charge >= 0.3 is 6.03 Å². The van der Waals surface area contributed by atoms with Crippen LogP contribution in [-0.2, 0) is 4.74 Å². The van der Waals surface area contributed by atoms with E-state index in [4.69, 9.17) is 14.0 Å². The lowest BCUT2D eigenvalue weighted by Gasteiger charge is -2.35. The fourth-order valence-corrected chi connectivity index (χ4v) is 3.66. The first-order valence-corrected chi connectivity index (χ1v) is 10.0. The summed E-state index contributed by atoms with van der Waals surface area (Å²) < 4.78 is 30.0. The number of hydrogen-bond acceptors (Lipinski definition) is 6. The molecule has 1 aliphatic rings. The van der Waals surface area contributed by atoms with Crippen molar-refractivity contribution in [3.8, 4) is 17.1 Å². The Morgan fingerprint density at radius 2 is 2.00 bits per heavy atom. The van der Waals surface area contributed by atoms with Gasteiger partial charge in [0, 0.05) is 18.4 Å². The summed E-state index contributed by atoms with van der Waals surface area (Å²) in [6.45, 7) is 2.48.